The van der Waals surface area contributed by atoms with E-state index in [9.17, 15) is 4.79 Å². The molecule has 1 aromatic heterocycles. The van der Waals surface area contributed by atoms with Gasteiger partial charge in [-0.3, -0.25) is 4.79 Å². The van der Waals surface area contributed by atoms with Crippen molar-refractivity contribution in [2.45, 2.75) is 30.5 Å². The molecule has 0 atom stereocenters. The van der Waals surface area contributed by atoms with Gasteiger partial charge in [-0.05, 0) is 12.1 Å². The van der Waals surface area contributed by atoms with Crippen LogP contribution in [0.3, 0.4) is 0 Å². The number of carbonyl (C=O) groups is 1. The number of thioether (sulfide) groups is 1. The minimum Gasteiger partial charge on any atom is -0.395 e. The normalized spacial score (nSPS) is 11.4. The number of aliphatic hydroxyl groups excluding tert-OH is 1. The van der Waals surface area contributed by atoms with E-state index >= 15 is 0 Å². The van der Waals surface area contributed by atoms with Crippen LogP contribution in [0.15, 0.2) is 23.4 Å². The van der Waals surface area contributed by atoms with Gasteiger partial charge in [0, 0.05) is 30.1 Å². The van der Waals surface area contributed by atoms with Gasteiger partial charge in [-0.1, -0.05) is 20.8 Å². The second-order valence-corrected chi connectivity index (χ2v) is 6.89. The summed E-state index contributed by atoms with van der Waals surface area (Å²) in [5, 5.41) is 9.67. The van der Waals surface area contributed by atoms with Crippen molar-refractivity contribution in [3.63, 3.8) is 0 Å². The number of hydrogen-bond donors (Lipinski definition) is 1. The molecule has 1 heterocycles. The Hall–Kier alpha value is -1.07. The zero-order valence-electron chi connectivity index (χ0n) is 11.3. The molecule has 1 rings (SSSR count). The summed E-state index contributed by atoms with van der Waals surface area (Å²) >= 11 is 1.63. The van der Waals surface area contributed by atoms with Crippen LogP contribution in [0, 0.1) is 0 Å². The van der Waals surface area contributed by atoms with E-state index in [4.69, 9.17) is 5.11 Å². The lowest BCUT2D eigenvalue weighted by atomic mass is 10.2. The molecule has 0 aromatic carbocycles. The third kappa shape index (κ3) is 4.66. The van der Waals surface area contributed by atoms with Crippen molar-refractivity contribution in [1.82, 2.24) is 9.88 Å². The predicted molar refractivity (Wildman–Crippen MR) is 73.9 cm³/mol. The van der Waals surface area contributed by atoms with E-state index in [1.807, 2.05) is 0 Å². The van der Waals surface area contributed by atoms with Crippen LogP contribution in [-0.2, 0) is 0 Å². The lowest BCUT2D eigenvalue weighted by molar-refractivity contribution is 0.0766. The van der Waals surface area contributed by atoms with Crippen LogP contribution in [0.25, 0.3) is 0 Å². The van der Waals surface area contributed by atoms with Gasteiger partial charge in [0.15, 0.2) is 0 Å². The molecule has 18 heavy (non-hydrogen) atoms. The summed E-state index contributed by atoms with van der Waals surface area (Å²) < 4.78 is 0.0612. The SMILES string of the molecule is CN(CCO)C(=O)c1ccnc(SC(C)(C)C)c1. The van der Waals surface area contributed by atoms with Crippen LogP contribution >= 0.6 is 11.8 Å². The molecule has 0 aliphatic heterocycles. The molecular weight excluding hydrogens is 248 g/mol. The summed E-state index contributed by atoms with van der Waals surface area (Å²) in [4.78, 5) is 17.8. The van der Waals surface area contributed by atoms with Gasteiger partial charge in [-0.15, -0.1) is 11.8 Å². The maximum atomic E-state index is 12.0. The summed E-state index contributed by atoms with van der Waals surface area (Å²) in [5.41, 5.74) is 0.604. The minimum atomic E-state index is -0.0952. The predicted octanol–water partition coefficient (Wildman–Crippen LogP) is 2.04. The Balaban J connectivity index is 2.85. The number of rotatable bonds is 4. The number of aliphatic hydroxyl groups is 1. The molecule has 1 aromatic rings. The maximum Gasteiger partial charge on any atom is 0.253 e. The average Bonchev–Trinajstić information content (AvgIpc) is 2.26. The summed E-state index contributed by atoms with van der Waals surface area (Å²) in [6, 6.07) is 3.50. The first-order valence-electron chi connectivity index (χ1n) is 5.85. The summed E-state index contributed by atoms with van der Waals surface area (Å²) in [6.45, 7) is 6.61. The molecule has 0 aliphatic carbocycles. The third-order valence-electron chi connectivity index (χ3n) is 2.17. The number of nitrogens with zero attached hydrogens (tertiary/aromatic N) is 2. The van der Waals surface area contributed by atoms with Gasteiger partial charge in [0.05, 0.1) is 11.6 Å². The van der Waals surface area contributed by atoms with Crippen molar-refractivity contribution >= 4 is 17.7 Å². The van der Waals surface area contributed by atoms with Gasteiger partial charge >= 0.3 is 0 Å². The molecule has 0 bridgehead atoms. The van der Waals surface area contributed by atoms with Gasteiger partial charge in [-0.25, -0.2) is 4.98 Å². The summed E-state index contributed by atoms with van der Waals surface area (Å²) in [6.07, 6.45) is 1.65. The molecule has 0 saturated carbocycles. The molecule has 0 aliphatic rings. The first-order valence-corrected chi connectivity index (χ1v) is 6.66. The first-order chi connectivity index (χ1) is 8.33. The van der Waals surface area contributed by atoms with Crippen LogP contribution in [0.1, 0.15) is 31.1 Å². The molecular formula is C13H20N2O2S. The molecule has 4 nitrogen and oxygen atoms in total. The highest BCUT2D eigenvalue weighted by molar-refractivity contribution is 8.00. The Bertz CT molecular complexity index is 416. The van der Waals surface area contributed by atoms with E-state index in [-0.39, 0.29) is 17.3 Å². The van der Waals surface area contributed by atoms with E-state index in [2.05, 4.69) is 25.8 Å². The molecule has 0 fully saturated rings. The zero-order valence-corrected chi connectivity index (χ0v) is 12.1. The summed E-state index contributed by atoms with van der Waals surface area (Å²) in [5.74, 6) is -0.0952. The smallest absolute Gasteiger partial charge is 0.253 e. The molecule has 5 heteroatoms. The highest BCUT2D eigenvalue weighted by atomic mass is 32.2. The maximum absolute atomic E-state index is 12.0. The van der Waals surface area contributed by atoms with Gasteiger partial charge in [-0.2, -0.15) is 0 Å². The van der Waals surface area contributed by atoms with Gasteiger partial charge < -0.3 is 10.0 Å². The van der Waals surface area contributed by atoms with Crippen LogP contribution in [0.4, 0.5) is 0 Å². The summed E-state index contributed by atoms with van der Waals surface area (Å²) in [7, 11) is 1.68. The fourth-order valence-corrected chi connectivity index (χ4v) is 2.31. The Kier molecular flexibility index (Phi) is 5.16. The lowest BCUT2D eigenvalue weighted by Gasteiger charge is -2.18. The molecule has 0 spiro atoms. The largest absolute Gasteiger partial charge is 0.395 e. The van der Waals surface area contributed by atoms with Gasteiger partial charge in [0.25, 0.3) is 5.91 Å². The quantitative estimate of drug-likeness (QED) is 0.849. The lowest BCUT2D eigenvalue weighted by Crippen LogP contribution is -2.29. The number of aromatic nitrogens is 1. The molecule has 0 unspecified atom stereocenters. The average molecular weight is 268 g/mol. The van der Waals surface area contributed by atoms with E-state index in [0.717, 1.165) is 5.03 Å². The molecule has 1 amide bonds. The van der Waals surface area contributed by atoms with E-state index in [0.29, 0.717) is 12.1 Å². The van der Waals surface area contributed by atoms with Crippen LogP contribution in [-0.4, -0.2) is 45.8 Å². The second kappa shape index (κ2) is 6.20. The molecule has 1 N–H and O–H groups in total. The van der Waals surface area contributed by atoms with Crippen molar-refractivity contribution in [3.05, 3.63) is 23.9 Å². The molecule has 0 radical (unpaired) electrons. The molecule has 100 valence electrons. The van der Waals surface area contributed by atoms with Crippen molar-refractivity contribution < 1.29 is 9.90 Å². The first kappa shape index (κ1) is 15.0. The Labute approximate surface area is 112 Å². The highest BCUT2D eigenvalue weighted by Gasteiger charge is 2.16. The number of hydrogen-bond acceptors (Lipinski definition) is 4. The van der Waals surface area contributed by atoms with Crippen molar-refractivity contribution in [1.29, 1.82) is 0 Å². The van der Waals surface area contributed by atoms with Gasteiger partial charge in [0.2, 0.25) is 0 Å². The monoisotopic (exact) mass is 268 g/mol. The van der Waals surface area contributed by atoms with E-state index in [1.54, 1.807) is 37.1 Å². The minimum absolute atomic E-state index is 0.0308. The molecule has 0 saturated heterocycles. The Morgan fingerprint density at radius 3 is 2.72 bits per heavy atom. The fraction of sp³-hybridized carbons (Fsp3) is 0.538. The standard InChI is InChI=1S/C13H20N2O2S/c1-13(2,3)18-11-9-10(5-6-14-11)12(17)15(4)7-8-16/h5-6,9,16H,7-8H2,1-4H3. The van der Waals surface area contributed by atoms with Crippen molar-refractivity contribution in [2.24, 2.45) is 0 Å². The van der Waals surface area contributed by atoms with Crippen LogP contribution in [0.2, 0.25) is 0 Å². The number of likely N-dealkylation sites (N-methyl/N-ethyl adjacent to an activating group) is 1. The zero-order chi connectivity index (χ0) is 13.8. The topological polar surface area (TPSA) is 53.4 Å². The van der Waals surface area contributed by atoms with Crippen LogP contribution < -0.4 is 0 Å². The second-order valence-electron chi connectivity index (χ2n) is 5.05. The van der Waals surface area contributed by atoms with Crippen molar-refractivity contribution in [3.8, 4) is 0 Å². The Morgan fingerprint density at radius 1 is 1.50 bits per heavy atom. The number of pyridine rings is 1. The third-order valence-corrected chi connectivity index (χ3v) is 3.22. The van der Waals surface area contributed by atoms with Crippen molar-refractivity contribution in [2.75, 3.05) is 20.2 Å². The van der Waals surface area contributed by atoms with E-state index in [1.165, 1.54) is 4.90 Å². The van der Waals surface area contributed by atoms with E-state index < -0.39 is 0 Å². The number of carbonyl (C=O) groups excluding carboxylic acids is 1. The Morgan fingerprint density at radius 2 is 2.17 bits per heavy atom. The number of amides is 1. The highest BCUT2D eigenvalue weighted by Crippen LogP contribution is 2.30. The van der Waals surface area contributed by atoms with Crippen LogP contribution in [0.5, 0.6) is 0 Å². The fourth-order valence-electron chi connectivity index (χ4n) is 1.38. The van der Waals surface area contributed by atoms with Gasteiger partial charge in [0.1, 0.15) is 0 Å².